The van der Waals surface area contributed by atoms with Gasteiger partial charge in [0, 0.05) is 17.8 Å². The maximum absolute atomic E-state index is 12.9. The Hall–Kier alpha value is -3.54. The summed E-state index contributed by atoms with van der Waals surface area (Å²) in [7, 11) is 0. The first kappa shape index (κ1) is 21.7. The first-order valence-corrected chi connectivity index (χ1v) is 11.2. The van der Waals surface area contributed by atoms with Crippen molar-refractivity contribution in [3.8, 4) is 0 Å². The number of hydrogen-bond acceptors (Lipinski definition) is 4. The Kier molecular flexibility index (Phi) is 6.90. The van der Waals surface area contributed by atoms with Crippen LogP contribution in [0.2, 0.25) is 0 Å². The lowest BCUT2D eigenvalue weighted by atomic mass is 9.98. The second-order valence-electron chi connectivity index (χ2n) is 8.14. The van der Waals surface area contributed by atoms with E-state index in [9.17, 15) is 4.79 Å². The topological polar surface area (TPSA) is 72.2 Å². The lowest BCUT2D eigenvalue weighted by Gasteiger charge is -2.20. The van der Waals surface area contributed by atoms with Crippen LogP contribution in [0.4, 0.5) is 0 Å². The monoisotopic (exact) mass is 427 g/mol. The van der Waals surface area contributed by atoms with E-state index in [-0.39, 0.29) is 11.9 Å². The first-order valence-electron chi connectivity index (χ1n) is 11.2. The molecule has 6 heteroatoms. The predicted molar refractivity (Wildman–Crippen MR) is 125 cm³/mol. The van der Waals surface area contributed by atoms with Crippen molar-refractivity contribution in [1.82, 2.24) is 24.9 Å². The zero-order valence-electron chi connectivity index (χ0n) is 18.7. The molecule has 2 heterocycles. The van der Waals surface area contributed by atoms with Gasteiger partial charge >= 0.3 is 0 Å². The second-order valence-corrected chi connectivity index (χ2v) is 8.14. The van der Waals surface area contributed by atoms with Crippen LogP contribution in [-0.2, 0) is 17.6 Å². The van der Waals surface area contributed by atoms with Gasteiger partial charge in [-0.3, -0.25) is 4.79 Å². The maximum atomic E-state index is 12.9. The van der Waals surface area contributed by atoms with Gasteiger partial charge in [-0.05, 0) is 56.2 Å². The van der Waals surface area contributed by atoms with E-state index in [4.69, 9.17) is 0 Å². The van der Waals surface area contributed by atoms with Gasteiger partial charge in [-0.2, -0.15) is 10.1 Å². The highest BCUT2D eigenvalue weighted by atomic mass is 16.1. The van der Waals surface area contributed by atoms with Crippen molar-refractivity contribution in [2.24, 2.45) is 0 Å². The molecule has 4 rings (SSSR count). The number of carbonyl (C=O) groups is 1. The fourth-order valence-corrected chi connectivity index (χ4v) is 4.18. The molecule has 0 bridgehead atoms. The smallest absolute Gasteiger partial charge is 0.252 e. The van der Waals surface area contributed by atoms with E-state index in [2.05, 4.69) is 56.8 Å². The van der Waals surface area contributed by atoms with Gasteiger partial charge in [0.2, 0.25) is 5.91 Å². The molecule has 1 unspecified atom stereocenters. The number of nitrogens with one attached hydrogen (secondary N) is 1. The van der Waals surface area contributed by atoms with Gasteiger partial charge in [-0.1, -0.05) is 60.7 Å². The van der Waals surface area contributed by atoms with Crippen molar-refractivity contribution in [1.29, 1.82) is 0 Å². The molecule has 1 amide bonds. The number of carbonyl (C=O) groups excluding carboxylic acids is 1. The highest BCUT2D eigenvalue weighted by molar-refractivity contribution is 5.76. The van der Waals surface area contributed by atoms with Crippen molar-refractivity contribution < 1.29 is 4.79 Å². The zero-order valence-corrected chi connectivity index (χ0v) is 18.7. The van der Waals surface area contributed by atoms with Crippen LogP contribution in [0.3, 0.4) is 0 Å². The van der Waals surface area contributed by atoms with Crippen LogP contribution in [0.25, 0.3) is 5.78 Å². The molecule has 0 aliphatic carbocycles. The minimum Gasteiger partial charge on any atom is -0.349 e. The highest BCUT2D eigenvalue weighted by Gasteiger charge is 2.16. The van der Waals surface area contributed by atoms with E-state index >= 15 is 0 Å². The Balaban J connectivity index is 1.40. The molecule has 0 radical (unpaired) electrons. The minimum absolute atomic E-state index is 0.00512. The van der Waals surface area contributed by atoms with E-state index in [1.807, 2.05) is 38.1 Å². The minimum atomic E-state index is 0.00512. The third-order valence-corrected chi connectivity index (χ3v) is 5.93. The summed E-state index contributed by atoms with van der Waals surface area (Å²) >= 11 is 0. The average molecular weight is 428 g/mol. The Labute approximate surface area is 188 Å². The molecule has 0 saturated carbocycles. The third kappa shape index (κ3) is 5.19. The molecule has 0 fully saturated rings. The number of amides is 1. The van der Waals surface area contributed by atoms with Gasteiger partial charge in [0.05, 0.1) is 6.04 Å². The molecule has 0 saturated heterocycles. The largest absolute Gasteiger partial charge is 0.349 e. The summed E-state index contributed by atoms with van der Waals surface area (Å²) in [5.41, 5.74) is 5.41. The number of nitrogens with zero attached hydrogens (tertiary/aromatic N) is 4. The number of rotatable bonds is 9. The van der Waals surface area contributed by atoms with Gasteiger partial charge in [0.1, 0.15) is 6.33 Å². The standard InChI is InChI=1S/C26H29N5O/c1-19-23(20(2)31-26(29-19)27-18-28-31)16-17-25(32)30-24(22-13-7-4-8-14-22)15-9-12-21-10-5-3-6-11-21/h3-8,10-11,13-14,18,24H,9,12,15-17H2,1-2H3,(H,30,32). The number of aromatic nitrogens is 4. The van der Waals surface area contributed by atoms with Gasteiger partial charge in [0.25, 0.3) is 5.78 Å². The number of fused-ring (bicyclic) bond motifs is 1. The third-order valence-electron chi connectivity index (χ3n) is 5.93. The van der Waals surface area contributed by atoms with Crippen molar-refractivity contribution in [2.45, 2.75) is 52.0 Å². The maximum Gasteiger partial charge on any atom is 0.252 e. The van der Waals surface area contributed by atoms with Crippen molar-refractivity contribution in [3.05, 3.63) is 95.1 Å². The molecule has 32 heavy (non-hydrogen) atoms. The molecule has 0 aliphatic rings. The fourth-order valence-electron chi connectivity index (χ4n) is 4.18. The number of benzene rings is 2. The lowest BCUT2D eigenvalue weighted by Crippen LogP contribution is -2.29. The van der Waals surface area contributed by atoms with Crippen LogP contribution < -0.4 is 5.32 Å². The average Bonchev–Trinajstić information content (AvgIpc) is 3.28. The van der Waals surface area contributed by atoms with E-state index in [1.165, 1.54) is 11.9 Å². The molecule has 2 aromatic carbocycles. The van der Waals surface area contributed by atoms with Gasteiger partial charge in [0.15, 0.2) is 0 Å². The van der Waals surface area contributed by atoms with Crippen molar-refractivity contribution in [3.63, 3.8) is 0 Å². The lowest BCUT2D eigenvalue weighted by molar-refractivity contribution is -0.121. The Bertz CT molecular complexity index is 1170. The van der Waals surface area contributed by atoms with Crippen LogP contribution >= 0.6 is 0 Å². The summed E-state index contributed by atoms with van der Waals surface area (Å²) in [6, 6.07) is 20.7. The molecule has 1 N–H and O–H groups in total. The molecule has 2 aromatic heterocycles. The van der Waals surface area contributed by atoms with Crippen molar-refractivity contribution >= 4 is 11.7 Å². The molecule has 4 aromatic rings. The van der Waals surface area contributed by atoms with Crippen LogP contribution in [-0.4, -0.2) is 25.5 Å². The summed E-state index contributed by atoms with van der Waals surface area (Å²) in [6.45, 7) is 3.96. The van der Waals surface area contributed by atoms with E-state index in [0.29, 0.717) is 18.6 Å². The summed E-state index contributed by atoms with van der Waals surface area (Å²) < 4.78 is 1.73. The van der Waals surface area contributed by atoms with E-state index < -0.39 is 0 Å². The molecule has 0 aliphatic heterocycles. The highest BCUT2D eigenvalue weighted by Crippen LogP contribution is 2.21. The van der Waals surface area contributed by atoms with Gasteiger partial charge in [-0.25, -0.2) is 9.50 Å². The first-order chi connectivity index (χ1) is 15.6. The predicted octanol–water partition coefficient (Wildman–Crippen LogP) is 4.55. The number of aryl methyl sites for hydroxylation is 3. The summed E-state index contributed by atoms with van der Waals surface area (Å²) in [6.07, 6.45) is 5.45. The summed E-state index contributed by atoms with van der Waals surface area (Å²) in [5, 5.41) is 7.50. The fraction of sp³-hybridized carbons (Fsp3) is 0.308. The molecular weight excluding hydrogens is 398 g/mol. The normalized spacial score (nSPS) is 12.1. The van der Waals surface area contributed by atoms with E-state index in [1.54, 1.807) is 4.52 Å². The molecule has 0 spiro atoms. The van der Waals surface area contributed by atoms with Crippen molar-refractivity contribution in [2.75, 3.05) is 0 Å². The van der Waals surface area contributed by atoms with Crippen LogP contribution in [0.5, 0.6) is 0 Å². The van der Waals surface area contributed by atoms with Gasteiger partial charge < -0.3 is 5.32 Å². The van der Waals surface area contributed by atoms with Crippen LogP contribution in [0.1, 0.15) is 53.4 Å². The second kappa shape index (κ2) is 10.2. The number of hydrogen-bond donors (Lipinski definition) is 1. The Morgan fingerprint density at radius 1 is 1.00 bits per heavy atom. The zero-order chi connectivity index (χ0) is 22.3. The molecular formula is C26H29N5O. The molecule has 1 atom stereocenters. The Morgan fingerprint density at radius 2 is 1.72 bits per heavy atom. The van der Waals surface area contributed by atoms with Gasteiger partial charge in [-0.15, -0.1) is 0 Å². The van der Waals surface area contributed by atoms with E-state index in [0.717, 1.165) is 41.8 Å². The molecule has 6 nitrogen and oxygen atoms in total. The van der Waals surface area contributed by atoms with Crippen LogP contribution in [0, 0.1) is 13.8 Å². The summed E-state index contributed by atoms with van der Waals surface area (Å²) in [5.74, 6) is 0.645. The summed E-state index contributed by atoms with van der Waals surface area (Å²) in [4.78, 5) is 21.6. The SMILES string of the molecule is Cc1nc2ncnn2c(C)c1CCC(=O)NC(CCCc1ccccc1)c1ccccc1. The quantitative estimate of drug-likeness (QED) is 0.425. The van der Waals surface area contributed by atoms with Crippen LogP contribution in [0.15, 0.2) is 67.0 Å². The molecule has 164 valence electrons. The Morgan fingerprint density at radius 3 is 2.47 bits per heavy atom.